The van der Waals surface area contributed by atoms with Gasteiger partial charge in [-0.05, 0) is 18.2 Å². The van der Waals surface area contributed by atoms with Gasteiger partial charge in [-0.1, -0.05) is 24.3 Å². The number of benzene rings is 3. The van der Waals surface area contributed by atoms with Crippen molar-refractivity contribution in [3.05, 3.63) is 93.4 Å². The monoisotopic (exact) mass is 503 g/mol. The molecule has 188 valence electrons. The van der Waals surface area contributed by atoms with E-state index >= 15 is 0 Å². The van der Waals surface area contributed by atoms with Crippen molar-refractivity contribution in [2.24, 2.45) is 5.73 Å². The summed E-state index contributed by atoms with van der Waals surface area (Å²) in [5.74, 6) is -0.0794. The largest absolute Gasteiger partial charge is 0.497 e. The zero-order chi connectivity index (χ0) is 26.5. The number of esters is 1. The van der Waals surface area contributed by atoms with Crippen LogP contribution in [0.1, 0.15) is 17.0 Å². The molecule has 0 bridgehead atoms. The normalized spacial score (nSPS) is 14.0. The molecule has 1 atom stereocenters. The van der Waals surface area contributed by atoms with Crippen molar-refractivity contribution >= 4 is 11.7 Å². The maximum Gasteiger partial charge on any atom is 0.349 e. The zero-order valence-electron chi connectivity index (χ0n) is 19.8. The summed E-state index contributed by atoms with van der Waals surface area (Å²) in [6, 6.07) is 17.7. The Kier molecular flexibility index (Phi) is 7.11. The number of nitro groups is 1. The molecule has 1 heterocycles. The van der Waals surface area contributed by atoms with E-state index in [0.29, 0.717) is 22.6 Å². The Morgan fingerprint density at radius 2 is 1.78 bits per heavy atom. The highest BCUT2D eigenvalue weighted by Crippen LogP contribution is 2.46. The van der Waals surface area contributed by atoms with E-state index in [1.54, 1.807) is 30.3 Å². The summed E-state index contributed by atoms with van der Waals surface area (Å²) in [6.07, 6.45) is 0. The summed E-state index contributed by atoms with van der Waals surface area (Å²) in [5, 5.41) is 20.9. The minimum atomic E-state index is -0.788. The molecule has 0 amide bonds. The molecule has 3 aromatic rings. The predicted molar refractivity (Wildman–Crippen MR) is 130 cm³/mol. The van der Waals surface area contributed by atoms with Crippen LogP contribution in [0.3, 0.4) is 0 Å². The minimum Gasteiger partial charge on any atom is -0.497 e. The van der Waals surface area contributed by atoms with Crippen LogP contribution >= 0.6 is 0 Å². The van der Waals surface area contributed by atoms with E-state index in [1.807, 2.05) is 0 Å². The molecule has 37 heavy (non-hydrogen) atoms. The molecular weight excluding hydrogens is 482 g/mol. The van der Waals surface area contributed by atoms with Crippen molar-refractivity contribution in [2.75, 3.05) is 20.8 Å². The average molecular weight is 503 g/mol. The quantitative estimate of drug-likeness (QED) is 0.207. The molecule has 0 spiro atoms. The molecule has 0 radical (unpaired) electrons. The third-order valence-corrected chi connectivity index (χ3v) is 5.58. The Balaban J connectivity index is 1.59. The van der Waals surface area contributed by atoms with E-state index in [0.717, 1.165) is 0 Å². The van der Waals surface area contributed by atoms with Gasteiger partial charge >= 0.3 is 11.7 Å². The topological polar surface area (TPSA) is 156 Å². The fourth-order valence-corrected chi connectivity index (χ4v) is 3.90. The number of nitrogens with zero attached hydrogens (tertiary/aromatic N) is 2. The molecule has 0 aliphatic carbocycles. The molecule has 3 aromatic carbocycles. The number of nitrogens with two attached hydrogens (primary N) is 1. The number of fused-ring (bicyclic) bond motifs is 1. The Morgan fingerprint density at radius 1 is 1.05 bits per heavy atom. The van der Waals surface area contributed by atoms with E-state index in [9.17, 15) is 20.2 Å². The number of allylic oxidation sites excluding steroid dienone is 1. The highest BCUT2D eigenvalue weighted by molar-refractivity contribution is 5.74. The van der Waals surface area contributed by atoms with Crippen LogP contribution in [0.25, 0.3) is 0 Å². The van der Waals surface area contributed by atoms with Crippen molar-refractivity contribution in [1.82, 2.24) is 0 Å². The fraction of sp³-hybridized carbons (Fsp3) is 0.154. The molecule has 4 rings (SSSR count). The van der Waals surface area contributed by atoms with Crippen LogP contribution in [0.2, 0.25) is 0 Å². The zero-order valence-corrected chi connectivity index (χ0v) is 19.8. The molecule has 1 unspecified atom stereocenters. The van der Waals surface area contributed by atoms with Gasteiger partial charge < -0.3 is 29.4 Å². The SMILES string of the molecule is COc1ccc(C2C(C#N)=C(N)Oc3cc(OC(=O)COc4ccccc4[N+](=O)[O-])ccc32)c(OC)c1. The summed E-state index contributed by atoms with van der Waals surface area (Å²) >= 11 is 0. The second-order valence-electron chi connectivity index (χ2n) is 7.72. The molecule has 1 aliphatic heterocycles. The van der Waals surface area contributed by atoms with Gasteiger partial charge in [-0.15, -0.1) is 0 Å². The molecule has 0 saturated heterocycles. The van der Waals surface area contributed by atoms with Crippen LogP contribution in [0.5, 0.6) is 28.7 Å². The molecule has 0 fully saturated rings. The Labute approximate surface area is 211 Å². The lowest BCUT2D eigenvalue weighted by Crippen LogP contribution is -2.22. The number of hydrogen-bond acceptors (Lipinski definition) is 10. The summed E-state index contributed by atoms with van der Waals surface area (Å²) in [6.45, 7) is -0.560. The van der Waals surface area contributed by atoms with E-state index in [1.165, 1.54) is 44.6 Å². The van der Waals surface area contributed by atoms with Gasteiger partial charge in [0.25, 0.3) is 0 Å². The van der Waals surface area contributed by atoms with Gasteiger partial charge in [0.1, 0.15) is 34.6 Å². The summed E-state index contributed by atoms with van der Waals surface area (Å²) in [4.78, 5) is 22.9. The highest BCUT2D eigenvalue weighted by atomic mass is 16.6. The Morgan fingerprint density at radius 3 is 2.49 bits per heavy atom. The first-order valence-corrected chi connectivity index (χ1v) is 10.9. The van der Waals surface area contributed by atoms with Gasteiger partial charge in [-0.25, -0.2) is 4.79 Å². The second kappa shape index (κ2) is 10.6. The van der Waals surface area contributed by atoms with Gasteiger partial charge in [0, 0.05) is 29.3 Å². The van der Waals surface area contributed by atoms with Gasteiger partial charge in [-0.3, -0.25) is 10.1 Å². The van der Waals surface area contributed by atoms with E-state index < -0.39 is 23.4 Å². The maximum absolute atomic E-state index is 12.4. The summed E-state index contributed by atoms with van der Waals surface area (Å²) < 4.78 is 27.1. The van der Waals surface area contributed by atoms with Gasteiger partial charge in [0.2, 0.25) is 5.88 Å². The third-order valence-electron chi connectivity index (χ3n) is 5.58. The number of nitro benzene ring substituents is 1. The standard InChI is InChI=1S/C26H21N3O8/c1-33-15-7-9-17(22(11-15)34-2)25-18-10-8-16(12-23(18)37-26(28)19(25)13-27)36-24(30)14-35-21-6-4-3-5-20(21)29(31)32/h3-12,25H,14,28H2,1-2H3. The molecule has 0 saturated carbocycles. The summed E-state index contributed by atoms with van der Waals surface area (Å²) in [7, 11) is 3.04. The first-order valence-electron chi connectivity index (χ1n) is 10.9. The molecular formula is C26H21N3O8. The van der Waals surface area contributed by atoms with Gasteiger partial charge in [0.05, 0.1) is 25.1 Å². The average Bonchev–Trinajstić information content (AvgIpc) is 2.90. The van der Waals surface area contributed by atoms with Gasteiger partial charge in [-0.2, -0.15) is 5.26 Å². The Hall–Kier alpha value is -5.24. The second-order valence-corrected chi connectivity index (χ2v) is 7.72. The van der Waals surface area contributed by atoms with E-state index in [2.05, 4.69) is 6.07 Å². The van der Waals surface area contributed by atoms with Crippen molar-refractivity contribution in [3.8, 4) is 34.8 Å². The predicted octanol–water partition coefficient (Wildman–Crippen LogP) is 3.81. The van der Waals surface area contributed by atoms with Crippen molar-refractivity contribution in [3.63, 3.8) is 0 Å². The maximum atomic E-state index is 12.4. The molecule has 11 nitrogen and oxygen atoms in total. The van der Waals surface area contributed by atoms with Crippen molar-refractivity contribution < 1.29 is 33.4 Å². The van der Waals surface area contributed by atoms with Crippen molar-refractivity contribution in [1.29, 1.82) is 5.26 Å². The van der Waals surface area contributed by atoms with Crippen LogP contribution in [-0.2, 0) is 4.79 Å². The van der Waals surface area contributed by atoms with Crippen LogP contribution in [0.4, 0.5) is 5.69 Å². The number of hydrogen-bond donors (Lipinski definition) is 1. The fourth-order valence-electron chi connectivity index (χ4n) is 3.90. The number of nitriles is 1. The Bertz CT molecular complexity index is 1440. The number of ether oxygens (including phenoxy) is 5. The minimum absolute atomic E-state index is 0.0588. The van der Waals surface area contributed by atoms with Crippen LogP contribution in [-0.4, -0.2) is 31.7 Å². The highest BCUT2D eigenvalue weighted by Gasteiger charge is 2.33. The van der Waals surface area contributed by atoms with Crippen LogP contribution in [0.15, 0.2) is 72.1 Å². The lowest BCUT2D eigenvalue weighted by molar-refractivity contribution is -0.385. The molecule has 0 aromatic heterocycles. The number of rotatable bonds is 8. The van der Waals surface area contributed by atoms with Crippen molar-refractivity contribution in [2.45, 2.75) is 5.92 Å². The number of carbonyl (C=O) groups excluding carboxylic acids is 1. The molecule has 2 N–H and O–H groups in total. The molecule has 1 aliphatic rings. The number of carbonyl (C=O) groups is 1. The van der Waals surface area contributed by atoms with E-state index in [-0.39, 0.29) is 34.4 Å². The number of methoxy groups -OCH3 is 2. The molecule has 11 heteroatoms. The number of para-hydroxylation sites is 2. The van der Waals surface area contributed by atoms with Crippen LogP contribution in [0, 0.1) is 21.4 Å². The lowest BCUT2D eigenvalue weighted by Gasteiger charge is -2.27. The first kappa shape index (κ1) is 24.9. The smallest absolute Gasteiger partial charge is 0.349 e. The van der Waals surface area contributed by atoms with Gasteiger partial charge in [0.15, 0.2) is 12.4 Å². The first-order chi connectivity index (χ1) is 17.9. The lowest BCUT2D eigenvalue weighted by atomic mass is 9.83. The third kappa shape index (κ3) is 5.08. The summed E-state index contributed by atoms with van der Waals surface area (Å²) in [5.41, 5.74) is 7.26. The van der Waals surface area contributed by atoms with Crippen LogP contribution < -0.4 is 29.4 Å². The van der Waals surface area contributed by atoms with E-state index in [4.69, 9.17) is 29.4 Å².